The van der Waals surface area contributed by atoms with Gasteiger partial charge in [0.25, 0.3) is 0 Å². The minimum atomic E-state index is 0.281. The second-order valence-corrected chi connectivity index (χ2v) is 6.44. The van der Waals surface area contributed by atoms with Gasteiger partial charge in [-0.25, -0.2) is 9.97 Å². The Bertz CT molecular complexity index is 709. The van der Waals surface area contributed by atoms with E-state index in [2.05, 4.69) is 54.6 Å². The van der Waals surface area contributed by atoms with Gasteiger partial charge in [-0.05, 0) is 51.3 Å². The van der Waals surface area contributed by atoms with Crippen molar-refractivity contribution in [2.24, 2.45) is 0 Å². The summed E-state index contributed by atoms with van der Waals surface area (Å²) in [6.45, 7) is 10.4. The summed E-state index contributed by atoms with van der Waals surface area (Å²) < 4.78 is 0. The number of rotatable bonds is 4. The molecule has 1 atom stereocenters. The van der Waals surface area contributed by atoms with Gasteiger partial charge in [0, 0.05) is 12.1 Å². The normalized spacial score (nSPS) is 15.1. The first kappa shape index (κ1) is 15.9. The van der Waals surface area contributed by atoms with Crippen LogP contribution in [0.3, 0.4) is 0 Å². The van der Waals surface area contributed by atoms with E-state index in [0.29, 0.717) is 0 Å². The summed E-state index contributed by atoms with van der Waals surface area (Å²) in [7, 11) is 0. The van der Waals surface area contributed by atoms with Crippen LogP contribution in [-0.2, 0) is 13.0 Å². The lowest BCUT2D eigenvalue weighted by Gasteiger charge is -2.25. The molecule has 0 fully saturated rings. The molecule has 4 heteroatoms. The topological polar surface area (TPSA) is 49.8 Å². The van der Waals surface area contributed by atoms with Gasteiger partial charge in [0.15, 0.2) is 0 Å². The van der Waals surface area contributed by atoms with Gasteiger partial charge in [-0.3, -0.25) is 0 Å². The molecule has 0 aliphatic carbocycles. The number of hydrogen-bond donors (Lipinski definition) is 2. The van der Waals surface area contributed by atoms with E-state index >= 15 is 0 Å². The van der Waals surface area contributed by atoms with Crippen LogP contribution < -0.4 is 10.6 Å². The Kier molecular flexibility index (Phi) is 4.62. The zero-order valence-electron chi connectivity index (χ0n) is 14.5. The second-order valence-electron chi connectivity index (χ2n) is 6.44. The number of hydrogen-bond acceptors (Lipinski definition) is 4. The molecule has 0 spiro atoms. The zero-order chi connectivity index (χ0) is 16.4. The fourth-order valence-electron chi connectivity index (χ4n) is 3.38. The molecule has 2 aromatic rings. The first-order chi connectivity index (χ1) is 11.1. The van der Waals surface area contributed by atoms with Crippen LogP contribution in [0.25, 0.3) is 0 Å². The number of aromatic nitrogens is 2. The SMILES string of the molecule is CCC(Nc1nc(C)nc2c1CCNC2)c1ccc(C)cc1C. The van der Waals surface area contributed by atoms with Crippen molar-refractivity contribution in [3.8, 4) is 0 Å². The molecule has 1 unspecified atom stereocenters. The molecular formula is C19H26N4. The van der Waals surface area contributed by atoms with E-state index in [-0.39, 0.29) is 6.04 Å². The Morgan fingerprint density at radius 1 is 1.22 bits per heavy atom. The average Bonchev–Trinajstić information content (AvgIpc) is 2.53. The van der Waals surface area contributed by atoms with Crippen LogP contribution in [0.1, 0.15) is 53.2 Å². The molecule has 0 amide bonds. The van der Waals surface area contributed by atoms with E-state index in [1.807, 2.05) is 6.92 Å². The Balaban J connectivity index is 1.94. The molecule has 122 valence electrons. The van der Waals surface area contributed by atoms with E-state index < -0.39 is 0 Å². The highest BCUT2D eigenvalue weighted by Crippen LogP contribution is 2.28. The number of aryl methyl sites for hydroxylation is 3. The maximum absolute atomic E-state index is 4.70. The maximum Gasteiger partial charge on any atom is 0.133 e. The van der Waals surface area contributed by atoms with Gasteiger partial charge in [-0.2, -0.15) is 0 Å². The van der Waals surface area contributed by atoms with Crippen LogP contribution in [0.15, 0.2) is 18.2 Å². The first-order valence-electron chi connectivity index (χ1n) is 8.49. The summed E-state index contributed by atoms with van der Waals surface area (Å²) in [5.41, 5.74) is 6.42. The molecule has 23 heavy (non-hydrogen) atoms. The van der Waals surface area contributed by atoms with E-state index in [4.69, 9.17) is 4.98 Å². The van der Waals surface area contributed by atoms with Crippen LogP contribution in [0.2, 0.25) is 0 Å². The molecule has 4 nitrogen and oxygen atoms in total. The van der Waals surface area contributed by atoms with Gasteiger partial charge in [0.05, 0.1) is 11.7 Å². The van der Waals surface area contributed by atoms with E-state index in [1.54, 1.807) is 0 Å². The minimum Gasteiger partial charge on any atom is -0.363 e. The molecule has 1 aromatic heterocycles. The highest BCUT2D eigenvalue weighted by molar-refractivity contribution is 5.50. The van der Waals surface area contributed by atoms with Crippen LogP contribution in [-0.4, -0.2) is 16.5 Å². The summed E-state index contributed by atoms with van der Waals surface area (Å²) in [6.07, 6.45) is 2.02. The van der Waals surface area contributed by atoms with Crippen molar-refractivity contribution in [3.63, 3.8) is 0 Å². The zero-order valence-corrected chi connectivity index (χ0v) is 14.5. The Morgan fingerprint density at radius 3 is 2.78 bits per heavy atom. The molecule has 1 aliphatic heterocycles. The largest absolute Gasteiger partial charge is 0.363 e. The summed E-state index contributed by atoms with van der Waals surface area (Å²) >= 11 is 0. The average molecular weight is 310 g/mol. The number of nitrogens with one attached hydrogen (secondary N) is 2. The molecule has 0 bridgehead atoms. The van der Waals surface area contributed by atoms with Crippen LogP contribution in [0, 0.1) is 20.8 Å². The smallest absolute Gasteiger partial charge is 0.133 e. The maximum atomic E-state index is 4.70. The van der Waals surface area contributed by atoms with Gasteiger partial charge >= 0.3 is 0 Å². The lowest BCUT2D eigenvalue weighted by Crippen LogP contribution is -2.27. The monoisotopic (exact) mass is 310 g/mol. The molecule has 3 rings (SSSR count). The quantitative estimate of drug-likeness (QED) is 0.906. The van der Waals surface area contributed by atoms with Crippen LogP contribution in [0.4, 0.5) is 5.82 Å². The summed E-state index contributed by atoms with van der Waals surface area (Å²) in [6, 6.07) is 6.97. The molecule has 0 saturated carbocycles. The Hall–Kier alpha value is -1.94. The number of nitrogens with zero attached hydrogens (tertiary/aromatic N) is 2. The minimum absolute atomic E-state index is 0.281. The predicted octanol–water partition coefficient (Wildman–Crippen LogP) is 3.61. The van der Waals surface area contributed by atoms with Gasteiger partial charge in [0.1, 0.15) is 11.6 Å². The van der Waals surface area contributed by atoms with Crippen molar-refractivity contribution in [1.82, 2.24) is 15.3 Å². The summed E-state index contributed by atoms with van der Waals surface area (Å²) in [5.74, 6) is 1.85. The summed E-state index contributed by atoms with van der Waals surface area (Å²) in [4.78, 5) is 9.29. The number of anilines is 1. The lowest BCUT2D eigenvalue weighted by atomic mass is 9.97. The molecule has 1 aliphatic rings. The van der Waals surface area contributed by atoms with E-state index in [0.717, 1.165) is 43.3 Å². The fourth-order valence-corrected chi connectivity index (χ4v) is 3.38. The van der Waals surface area contributed by atoms with E-state index in [9.17, 15) is 0 Å². The third kappa shape index (κ3) is 3.37. The van der Waals surface area contributed by atoms with Crippen LogP contribution >= 0.6 is 0 Å². The molecule has 0 saturated heterocycles. The molecule has 1 aromatic carbocycles. The fraction of sp³-hybridized carbons (Fsp3) is 0.474. The third-order valence-electron chi connectivity index (χ3n) is 4.57. The molecular weight excluding hydrogens is 284 g/mol. The van der Waals surface area contributed by atoms with Crippen molar-refractivity contribution in [2.45, 2.75) is 53.1 Å². The highest BCUT2D eigenvalue weighted by atomic mass is 15.1. The van der Waals surface area contributed by atoms with Gasteiger partial charge < -0.3 is 10.6 Å². The van der Waals surface area contributed by atoms with Crippen molar-refractivity contribution < 1.29 is 0 Å². The predicted molar refractivity (Wildman–Crippen MR) is 94.8 cm³/mol. The van der Waals surface area contributed by atoms with Crippen molar-refractivity contribution in [2.75, 3.05) is 11.9 Å². The van der Waals surface area contributed by atoms with Gasteiger partial charge in [-0.15, -0.1) is 0 Å². The Morgan fingerprint density at radius 2 is 2.04 bits per heavy atom. The molecule has 2 N–H and O–H groups in total. The van der Waals surface area contributed by atoms with Gasteiger partial charge in [-0.1, -0.05) is 30.7 Å². The molecule has 2 heterocycles. The first-order valence-corrected chi connectivity index (χ1v) is 8.49. The van der Waals surface area contributed by atoms with E-state index in [1.165, 1.54) is 22.3 Å². The van der Waals surface area contributed by atoms with Gasteiger partial charge in [0.2, 0.25) is 0 Å². The number of benzene rings is 1. The summed E-state index contributed by atoms with van der Waals surface area (Å²) in [5, 5.41) is 7.09. The van der Waals surface area contributed by atoms with Crippen molar-refractivity contribution in [3.05, 3.63) is 52.0 Å². The standard InChI is InChI=1S/C19H26N4/c1-5-17(15-7-6-12(2)10-13(15)3)23-19-16-8-9-20-11-18(16)21-14(4)22-19/h6-7,10,17,20H,5,8-9,11H2,1-4H3,(H,21,22,23). The third-order valence-corrected chi connectivity index (χ3v) is 4.57. The molecule has 0 radical (unpaired) electrons. The van der Waals surface area contributed by atoms with Crippen LogP contribution in [0.5, 0.6) is 0 Å². The highest BCUT2D eigenvalue weighted by Gasteiger charge is 2.19. The van der Waals surface area contributed by atoms with Crippen molar-refractivity contribution in [1.29, 1.82) is 0 Å². The lowest BCUT2D eigenvalue weighted by molar-refractivity contribution is 0.618. The number of fused-ring (bicyclic) bond motifs is 1. The second kappa shape index (κ2) is 6.67. The van der Waals surface area contributed by atoms with Crippen molar-refractivity contribution >= 4 is 5.82 Å². The Labute approximate surface area is 138 Å².